The van der Waals surface area contributed by atoms with Crippen LogP contribution >= 0.6 is 0 Å². The van der Waals surface area contributed by atoms with Gasteiger partial charge in [-0.25, -0.2) is 0 Å². The Morgan fingerprint density at radius 2 is 2.10 bits per heavy atom. The molecule has 21 heavy (non-hydrogen) atoms. The quantitative estimate of drug-likeness (QED) is 0.877. The Bertz CT molecular complexity index is 524. The number of amides is 1. The number of benzene rings is 1. The van der Waals surface area contributed by atoms with Crippen molar-refractivity contribution in [3.05, 3.63) is 35.4 Å². The molecule has 1 heterocycles. The Balaban J connectivity index is 1.74. The second kappa shape index (κ2) is 5.80. The van der Waals surface area contributed by atoms with Crippen LogP contribution in [-0.4, -0.2) is 18.5 Å². The van der Waals surface area contributed by atoms with Crippen LogP contribution in [0.1, 0.15) is 56.7 Å². The van der Waals surface area contributed by atoms with Crippen LogP contribution in [0.4, 0.5) is 0 Å². The fourth-order valence-corrected chi connectivity index (χ4v) is 3.76. The number of fused-ring (bicyclic) bond motifs is 1. The van der Waals surface area contributed by atoms with Gasteiger partial charge < -0.3 is 10.6 Å². The third-order valence-corrected chi connectivity index (χ3v) is 5.19. The molecular formula is C18H26N2O. The lowest BCUT2D eigenvalue weighted by atomic mass is 9.73. The average Bonchev–Trinajstić information content (AvgIpc) is 2.48. The lowest BCUT2D eigenvalue weighted by Crippen LogP contribution is -2.51. The number of hydrogen-bond acceptors (Lipinski definition) is 2. The zero-order chi connectivity index (χ0) is 14.9. The van der Waals surface area contributed by atoms with Crippen molar-refractivity contribution in [2.75, 3.05) is 6.54 Å². The first kappa shape index (κ1) is 14.6. The highest BCUT2D eigenvalue weighted by atomic mass is 16.2. The van der Waals surface area contributed by atoms with Gasteiger partial charge in [0.25, 0.3) is 0 Å². The minimum Gasteiger partial charge on any atom is -0.351 e. The lowest BCUT2D eigenvalue weighted by molar-refractivity contribution is -0.125. The van der Waals surface area contributed by atoms with E-state index in [1.165, 1.54) is 24.8 Å². The summed E-state index contributed by atoms with van der Waals surface area (Å²) < 4.78 is 0. The molecule has 2 unspecified atom stereocenters. The molecule has 114 valence electrons. The molecule has 0 aromatic heterocycles. The first-order valence-corrected chi connectivity index (χ1v) is 8.19. The average molecular weight is 286 g/mol. The van der Waals surface area contributed by atoms with E-state index >= 15 is 0 Å². The molecule has 2 atom stereocenters. The van der Waals surface area contributed by atoms with Gasteiger partial charge in [-0.1, -0.05) is 51.0 Å². The fraction of sp³-hybridized carbons (Fsp3) is 0.611. The molecule has 2 aliphatic rings. The number of carbonyl (C=O) groups is 1. The van der Waals surface area contributed by atoms with Crippen molar-refractivity contribution in [2.45, 2.75) is 58.0 Å². The topological polar surface area (TPSA) is 41.1 Å². The minimum absolute atomic E-state index is 0.141. The summed E-state index contributed by atoms with van der Waals surface area (Å²) >= 11 is 0. The predicted molar refractivity (Wildman–Crippen MR) is 85.1 cm³/mol. The van der Waals surface area contributed by atoms with E-state index in [1.807, 2.05) is 6.07 Å². The van der Waals surface area contributed by atoms with Gasteiger partial charge in [0.15, 0.2) is 0 Å². The summed E-state index contributed by atoms with van der Waals surface area (Å²) in [4.78, 5) is 12.7. The fourth-order valence-electron chi connectivity index (χ4n) is 3.76. The van der Waals surface area contributed by atoms with Crippen molar-refractivity contribution < 1.29 is 4.79 Å². The Morgan fingerprint density at radius 1 is 1.29 bits per heavy atom. The van der Waals surface area contributed by atoms with E-state index in [-0.39, 0.29) is 17.4 Å². The molecule has 1 aromatic carbocycles. The van der Waals surface area contributed by atoms with E-state index in [9.17, 15) is 4.79 Å². The molecule has 1 aliphatic carbocycles. The van der Waals surface area contributed by atoms with Gasteiger partial charge in [0.1, 0.15) is 6.04 Å². The smallest absolute Gasteiger partial charge is 0.241 e. The van der Waals surface area contributed by atoms with Crippen molar-refractivity contribution >= 4 is 5.91 Å². The lowest BCUT2D eigenvalue weighted by Gasteiger charge is -2.40. The summed E-state index contributed by atoms with van der Waals surface area (Å²) in [5.41, 5.74) is 2.66. The van der Waals surface area contributed by atoms with Gasteiger partial charge in [-0.2, -0.15) is 0 Å². The van der Waals surface area contributed by atoms with Crippen molar-refractivity contribution in [2.24, 2.45) is 5.41 Å². The third kappa shape index (κ3) is 2.98. The van der Waals surface area contributed by atoms with Crippen LogP contribution in [0.5, 0.6) is 0 Å². The minimum atomic E-state index is -0.187. The highest BCUT2D eigenvalue weighted by Gasteiger charge is 2.35. The van der Waals surface area contributed by atoms with Crippen LogP contribution in [0, 0.1) is 5.41 Å². The maximum absolute atomic E-state index is 12.7. The highest BCUT2D eigenvalue weighted by molar-refractivity contribution is 5.84. The van der Waals surface area contributed by atoms with E-state index in [1.54, 1.807) is 0 Å². The van der Waals surface area contributed by atoms with Crippen molar-refractivity contribution in [3.63, 3.8) is 0 Å². The van der Waals surface area contributed by atoms with Crippen LogP contribution in [0.3, 0.4) is 0 Å². The van der Waals surface area contributed by atoms with Crippen molar-refractivity contribution in [1.82, 2.24) is 10.6 Å². The highest BCUT2D eigenvalue weighted by Crippen LogP contribution is 2.36. The summed E-state index contributed by atoms with van der Waals surface area (Å²) in [5.74, 6) is 0.141. The van der Waals surface area contributed by atoms with E-state index in [2.05, 4.69) is 42.7 Å². The van der Waals surface area contributed by atoms with E-state index in [4.69, 9.17) is 0 Å². The normalized spacial score (nSPS) is 27.7. The van der Waals surface area contributed by atoms with Crippen LogP contribution < -0.4 is 10.6 Å². The zero-order valence-corrected chi connectivity index (χ0v) is 13.1. The van der Waals surface area contributed by atoms with Gasteiger partial charge in [-0.15, -0.1) is 0 Å². The maximum atomic E-state index is 12.7. The Kier molecular flexibility index (Phi) is 4.03. The number of rotatable bonds is 2. The molecule has 3 nitrogen and oxygen atoms in total. The Morgan fingerprint density at radius 3 is 2.90 bits per heavy atom. The summed E-state index contributed by atoms with van der Waals surface area (Å²) in [6.07, 6.45) is 5.82. The molecule has 2 N–H and O–H groups in total. The van der Waals surface area contributed by atoms with Gasteiger partial charge in [0, 0.05) is 12.6 Å². The van der Waals surface area contributed by atoms with Crippen LogP contribution in [0.2, 0.25) is 0 Å². The van der Waals surface area contributed by atoms with Crippen molar-refractivity contribution in [3.8, 4) is 0 Å². The summed E-state index contributed by atoms with van der Waals surface area (Å²) in [6.45, 7) is 5.43. The molecule has 3 rings (SSSR count). The van der Waals surface area contributed by atoms with Gasteiger partial charge >= 0.3 is 0 Å². The second-order valence-corrected chi connectivity index (χ2v) is 7.13. The van der Waals surface area contributed by atoms with E-state index < -0.39 is 0 Å². The summed E-state index contributed by atoms with van der Waals surface area (Å²) in [5, 5.41) is 6.70. The van der Waals surface area contributed by atoms with Crippen LogP contribution in [0.15, 0.2) is 24.3 Å². The maximum Gasteiger partial charge on any atom is 0.241 e. The molecule has 1 aliphatic heterocycles. The molecule has 1 amide bonds. The monoisotopic (exact) mass is 286 g/mol. The molecule has 0 spiro atoms. The molecule has 0 radical (unpaired) electrons. The first-order valence-electron chi connectivity index (χ1n) is 8.19. The third-order valence-electron chi connectivity index (χ3n) is 5.19. The molecule has 0 bridgehead atoms. The molecule has 1 aromatic rings. The molecule has 0 saturated heterocycles. The van der Waals surface area contributed by atoms with E-state index in [0.29, 0.717) is 6.04 Å². The van der Waals surface area contributed by atoms with Crippen LogP contribution in [0.25, 0.3) is 0 Å². The van der Waals surface area contributed by atoms with Crippen LogP contribution in [-0.2, 0) is 11.2 Å². The summed E-state index contributed by atoms with van der Waals surface area (Å²) in [6, 6.07) is 8.42. The van der Waals surface area contributed by atoms with Gasteiger partial charge in [-0.3, -0.25) is 4.79 Å². The zero-order valence-electron chi connectivity index (χ0n) is 13.1. The van der Waals surface area contributed by atoms with Crippen molar-refractivity contribution in [1.29, 1.82) is 0 Å². The second-order valence-electron chi connectivity index (χ2n) is 7.13. The van der Waals surface area contributed by atoms with Gasteiger partial charge in [-0.05, 0) is 35.8 Å². The van der Waals surface area contributed by atoms with E-state index in [0.717, 1.165) is 24.9 Å². The summed E-state index contributed by atoms with van der Waals surface area (Å²) in [7, 11) is 0. The van der Waals surface area contributed by atoms with Gasteiger partial charge in [0.05, 0.1) is 0 Å². The molecule has 1 fully saturated rings. The predicted octanol–water partition coefficient (Wildman–Crippen LogP) is 2.96. The molecule has 1 saturated carbocycles. The molecular weight excluding hydrogens is 260 g/mol. The number of carbonyl (C=O) groups excluding carboxylic acids is 1. The Labute approximate surface area is 127 Å². The number of nitrogens with one attached hydrogen (secondary N) is 2. The molecule has 3 heteroatoms. The largest absolute Gasteiger partial charge is 0.351 e. The standard InChI is InChI=1S/C18H26N2O/c1-18(2)11-6-5-9-15(18)20-17(21)16-14-8-4-3-7-13(14)10-12-19-16/h3-4,7-8,15-16,19H,5-6,9-12H2,1-2H3,(H,20,21). The SMILES string of the molecule is CC1(C)CCCCC1NC(=O)C1NCCc2ccccc21. The Hall–Kier alpha value is -1.35. The van der Waals surface area contributed by atoms with Gasteiger partial charge in [0.2, 0.25) is 5.91 Å². The first-order chi connectivity index (χ1) is 10.1. The number of hydrogen-bond donors (Lipinski definition) is 2.